The van der Waals surface area contributed by atoms with Crippen LogP contribution in [0.25, 0.3) is 11.1 Å². The number of para-hydroxylation sites is 1. The van der Waals surface area contributed by atoms with Gasteiger partial charge in [0.25, 0.3) is 5.91 Å². The number of hydrogen-bond acceptors (Lipinski definition) is 3. The Balaban J connectivity index is 1.70. The second-order valence-electron chi connectivity index (χ2n) is 5.96. The molecule has 3 aromatic rings. The van der Waals surface area contributed by atoms with E-state index in [1.165, 1.54) is 19.1 Å². The minimum Gasteiger partial charge on any atom is -0.449 e. The minimum absolute atomic E-state index is 0.181. The Hall–Kier alpha value is -3.47. The quantitative estimate of drug-likeness (QED) is 0.670. The monoisotopic (exact) mass is 363 g/mol. The van der Waals surface area contributed by atoms with Crippen molar-refractivity contribution in [2.24, 2.45) is 0 Å². The highest BCUT2D eigenvalue weighted by Crippen LogP contribution is 2.27. The van der Waals surface area contributed by atoms with E-state index in [9.17, 15) is 14.0 Å². The molecule has 1 N–H and O–H groups in total. The number of benzene rings is 3. The number of rotatable bonds is 5. The van der Waals surface area contributed by atoms with Crippen molar-refractivity contribution in [3.05, 3.63) is 90.2 Å². The average molecular weight is 363 g/mol. The van der Waals surface area contributed by atoms with Crippen molar-refractivity contribution < 1.29 is 18.7 Å². The SMILES string of the molecule is C[C@@H](OC(=O)c1ccc(F)cc1)C(=O)Nc1ccccc1-c1ccccc1. The first-order valence-electron chi connectivity index (χ1n) is 8.46. The summed E-state index contributed by atoms with van der Waals surface area (Å²) in [6.45, 7) is 1.49. The van der Waals surface area contributed by atoms with Crippen LogP contribution in [0.3, 0.4) is 0 Å². The molecule has 0 spiro atoms. The fraction of sp³-hybridized carbons (Fsp3) is 0.0909. The number of anilines is 1. The van der Waals surface area contributed by atoms with Crippen LogP contribution >= 0.6 is 0 Å². The Labute approximate surface area is 156 Å². The van der Waals surface area contributed by atoms with E-state index >= 15 is 0 Å². The maximum atomic E-state index is 12.9. The summed E-state index contributed by atoms with van der Waals surface area (Å²) >= 11 is 0. The molecule has 0 fully saturated rings. The Morgan fingerprint density at radius 3 is 2.22 bits per heavy atom. The summed E-state index contributed by atoms with van der Waals surface area (Å²) in [5, 5.41) is 2.80. The molecule has 0 bridgehead atoms. The molecule has 1 atom stereocenters. The summed E-state index contributed by atoms with van der Waals surface area (Å²) in [6.07, 6.45) is -1.01. The van der Waals surface area contributed by atoms with E-state index in [1.807, 2.05) is 48.5 Å². The second-order valence-corrected chi connectivity index (χ2v) is 5.96. The fourth-order valence-electron chi connectivity index (χ4n) is 2.56. The molecule has 0 aromatic heterocycles. The van der Waals surface area contributed by atoms with Gasteiger partial charge in [-0.25, -0.2) is 9.18 Å². The molecule has 1 amide bonds. The number of nitrogens with one attached hydrogen (secondary N) is 1. The molecular weight excluding hydrogens is 345 g/mol. The lowest BCUT2D eigenvalue weighted by Gasteiger charge is -2.16. The molecule has 0 heterocycles. The lowest BCUT2D eigenvalue weighted by atomic mass is 10.0. The highest BCUT2D eigenvalue weighted by atomic mass is 19.1. The minimum atomic E-state index is -1.01. The van der Waals surface area contributed by atoms with Crippen LogP contribution in [0.2, 0.25) is 0 Å². The third-order valence-electron chi connectivity index (χ3n) is 4.00. The van der Waals surface area contributed by atoms with Gasteiger partial charge >= 0.3 is 5.97 Å². The van der Waals surface area contributed by atoms with Crippen molar-refractivity contribution in [1.29, 1.82) is 0 Å². The van der Waals surface area contributed by atoms with E-state index in [4.69, 9.17) is 4.74 Å². The lowest BCUT2D eigenvalue weighted by molar-refractivity contribution is -0.123. The zero-order valence-electron chi connectivity index (χ0n) is 14.7. The van der Waals surface area contributed by atoms with Crippen LogP contribution in [0.5, 0.6) is 0 Å². The van der Waals surface area contributed by atoms with Gasteiger partial charge < -0.3 is 10.1 Å². The number of ether oxygens (including phenoxy) is 1. The van der Waals surface area contributed by atoms with Gasteiger partial charge in [0, 0.05) is 11.3 Å². The lowest BCUT2D eigenvalue weighted by Crippen LogP contribution is -2.30. The molecule has 27 heavy (non-hydrogen) atoms. The Morgan fingerprint density at radius 2 is 1.52 bits per heavy atom. The molecule has 0 saturated heterocycles. The average Bonchev–Trinajstić information content (AvgIpc) is 2.69. The maximum absolute atomic E-state index is 12.9. The highest BCUT2D eigenvalue weighted by Gasteiger charge is 2.20. The topological polar surface area (TPSA) is 55.4 Å². The van der Waals surface area contributed by atoms with Gasteiger partial charge in [-0.1, -0.05) is 48.5 Å². The predicted molar refractivity (Wildman–Crippen MR) is 102 cm³/mol. The zero-order chi connectivity index (χ0) is 19.2. The molecule has 0 aliphatic rings. The van der Waals surface area contributed by atoms with Crippen LogP contribution in [0, 0.1) is 5.82 Å². The number of esters is 1. The van der Waals surface area contributed by atoms with Crippen molar-refractivity contribution in [2.75, 3.05) is 5.32 Å². The third-order valence-corrected chi connectivity index (χ3v) is 4.00. The highest BCUT2D eigenvalue weighted by molar-refractivity contribution is 5.99. The normalized spacial score (nSPS) is 11.5. The fourth-order valence-corrected chi connectivity index (χ4v) is 2.56. The van der Waals surface area contributed by atoms with Crippen LogP contribution in [0.15, 0.2) is 78.9 Å². The molecule has 0 unspecified atom stereocenters. The van der Waals surface area contributed by atoms with E-state index in [2.05, 4.69) is 5.32 Å². The van der Waals surface area contributed by atoms with Gasteiger partial charge in [-0.05, 0) is 42.8 Å². The van der Waals surface area contributed by atoms with Crippen molar-refractivity contribution in [1.82, 2.24) is 0 Å². The molecule has 3 rings (SSSR count). The number of halogens is 1. The maximum Gasteiger partial charge on any atom is 0.338 e. The molecule has 5 heteroatoms. The second kappa shape index (κ2) is 8.27. The molecule has 0 aliphatic carbocycles. The number of amides is 1. The van der Waals surface area contributed by atoms with Gasteiger partial charge in [0.15, 0.2) is 6.10 Å². The third kappa shape index (κ3) is 4.58. The molecular formula is C22H18FNO3. The van der Waals surface area contributed by atoms with Crippen molar-refractivity contribution in [3.63, 3.8) is 0 Å². The summed E-state index contributed by atoms with van der Waals surface area (Å²) in [4.78, 5) is 24.6. The summed E-state index contributed by atoms with van der Waals surface area (Å²) < 4.78 is 18.1. The van der Waals surface area contributed by atoms with E-state index in [0.717, 1.165) is 23.3 Å². The van der Waals surface area contributed by atoms with Gasteiger partial charge in [0.1, 0.15) is 5.82 Å². The Bertz CT molecular complexity index is 939. The van der Waals surface area contributed by atoms with E-state index < -0.39 is 23.8 Å². The van der Waals surface area contributed by atoms with E-state index in [0.29, 0.717) is 5.69 Å². The molecule has 0 aliphatic heterocycles. The van der Waals surface area contributed by atoms with Gasteiger partial charge in [0.2, 0.25) is 0 Å². The summed E-state index contributed by atoms with van der Waals surface area (Å²) in [7, 11) is 0. The van der Waals surface area contributed by atoms with Gasteiger partial charge in [-0.2, -0.15) is 0 Å². The van der Waals surface area contributed by atoms with Gasteiger partial charge in [-0.3, -0.25) is 4.79 Å². The first-order valence-corrected chi connectivity index (χ1v) is 8.46. The molecule has 136 valence electrons. The van der Waals surface area contributed by atoms with Crippen molar-refractivity contribution >= 4 is 17.6 Å². The number of carbonyl (C=O) groups is 2. The van der Waals surface area contributed by atoms with Gasteiger partial charge in [-0.15, -0.1) is 0 Å². The first kappa shape index (κ1) is 18.3. The smallest absolute Gasteiger partial charge is 0.338 e. The molecule has 4 nitrogen and oxygen atoms in total. The molecule has 3 aromatic carbocycles. The van der Waals surface area contributed by atoms with Crippen LogP contribution < -0.4 is 5.32 Å². The number of hydrogen-bond donors (Lipinski definition) is 1. The largest absolute Gasteiger partial charge is 0.449 e. The zero-order valence-corrected chi connectivity index (χ0v) is 14.7. The van der Waals surface area contributed by atoms with Crippen LogP contribution in [-0.4, -0.2) is 18.0 Å². The van der Waals surface area contributed by atoms with Crippen LogP contribution in [-0.2, 0) is 9.53 Å². The van der Waals surface area contributed by atoms with Crippen molar-refractivity contribution in [3.8, 4) is 11.1 Å². The van der Waals surface area contributed by atoms with Crippen molar-refractivity contribution in [2.45, 2.75) is 13.0 Å². The standard InChI is InChI=1S/C22H18FNO3/c1-15(27-22(26)17-11-13-18(23)14-12-17)21(25)24-20-10-6-5-9-19(20)16-7-3-2-4-8-16/h2-15H,1H3,(H,24,25)/t15-/m1/s1. The number of carbonyl (C=O) groups excluding carboxylic acids is 2. The summed E-state index contributed by atoms with van der Waals surface area (Å²) in [6, 6.07) is 22.0. The first-order chi connectivity index (χ1) is 13.0. The predicted octanol–water partition coefficient (Wildman–Crippen LogP) is 4.68. The Morgan fingerprint density at radius 1 is 0.889 bits per heavy atom. The summed E-state index contributed by atoms with van der Waals surface area (Å²) in [5.41, 5.74) is 2.63. The molecule has 0 radical (unpaired) electrons. The van der Waals surface area contributed by atoms with Crippen LogP contribution in [0.1, 0.15) is 17.3 Å². The molecule has 0 saturated carbocycles. The van der Waals surface area contributed by atoms with E-state index in [-0.39, 0.29) is 5.56 Å². The summed E-state index contributed by atoms with van der Waals surface area (Å²) in [5.74, 6) is -1.59. The van der Waals surface area contributed by atoms with Gasteiger partial charge in [0.05, 0.1) is 5.56 Å². The Kier molecular flexibility index (Phi) is 5.61. The van der Waals surface area contributed by atoms with Crippen LogP contribution in [0.4, 0.5) is 10.1 Å². The van der Waals surface area contributed by atoms with E-state index in [1.54, 1.807) is 6.07 Å².